The van der Waals surface area contributed by atoms with Gasteiger partial charge in [0.05, 0.1) is 23.9 Å². The van der Waals surface area contributed by atoms with E-state index in [9.17, 15) is 29.7 Å². The molecule has 0 aromatic rings. The summed E-state index contributed by atoms with van der Waals surface area (Å²) in [5, 5.41) is 39.4. The lowest BCUT2D eigenvalue weighted by Crippen LogP contribution is -2.66. The van der Waals surface area contributed by atoms with Crippen LogP contribution in [0.2, 0.25) is 0 Å². The molecule has 3 fully saturated rings. The Labute approximate surface area is 206 Å². The number of carboxylic acids is 2. The van der Waals surface area contributed by atoms with Crippen molar-refractivity contribution in [2.45, 2.75) is 72.3 Å². The number of carbonyl (C=O) groups is 3. The minimum Gasteiger partial charge on any atom is -0.481 e. The molecule has 35 heavy (non-hydrogen) atoms. The van der Waals surface area contributed by atoms with Gasteiger partial charge in [0.15, 0.2) is 0 Å². The van der Waals surface area contributed by atoms with Crippen molar-refractivity contribution in [1.29, 1.82) is 0 Å². The largest absolute Gasteiger partial charge is 0.481 e. The van der Waals surface area contributed by atoms with Gasteiger partial charge in [-0.2, -0.15) is 0 Å². The smallest absolute Gasteiger partial charge is 0.310 e. The van der Waals surface area contributed by atoms with Crippen LogP contribution in [0.4, 0.5) is 0 Å². The van der Waals surface area contributed by atoms with Crippen molar-refractivity contribution in [3.05, 3.63) is 11.6 Å². The number of hydrogen-bond donors (Lipinski definition) is 4. The first kappa shape index (κ1) is 26.1. The van der Waals surface area contributed by atoms with Crippen molar-refractivity contribution in [3.8, 4) is 0 Å². The first-order valence-corrected chi connectivity index (χ1v) is 13.0. The van der Waals surface area contributed by atoms with E-state index in [0.717, 1.165) is 18.4 Å². The quantitative estimate of drug-likeness (QED) is 0.314. The van der Waals surface area contributed by atoms with E-state index in [4.69, 9.17) is 9.84 Å². The van der Waals surface area contributed by atoms with Crippen LogP contribution in [-0.4, -0.2) is 57.7 Å². The molecule has 0 aromatic heterocycles. The molecule has 4 N–H and O–H groups in total. The summed E-state index contributed by atoms with van der Waals surface area (Å²) in [5.41, 5.74) is -0.843. The van der Waals surface area contributed by atoms with Crippen LogP contribution in [0.1, 0.15) is 66.2 Å². The van der Waals surface area contributed by atoms with Gasteiger partial charge in [0.2, 0.25) is 0 Å². The third-order valence-corrected chi connectivity index (χ3v) is 10.3. The number of aliphatic hydroxyl groups is 2. The zero-order valence-corrected chi connectivity index (χ0v) is 21.2. The van der Waals surface area contributed by atoms with Crippen LogP contribution in [0.15, 0.2) is 11.6 Å². The number of rotatable bonds is 7. The monoisotopic (exact) mass is 492 g/mol. The maximum atomic E-state index is 13.5. The summed E-state index contributed by atoms with van der Waals surface area (Å²) in [6, 6.07) is 0. The predicted molar refractivity (Wildman–Crippen MR) is 126 cm³/mol. The molecule has 5 rings (SSSR count). The minimum absolute atomic E-state index is 0.0314. The van der Waals surface area contributed by atoms with Crippen molar-refractivity contribution >= 4 is 17.9 Å². The van der Waals surface area contributed by atoms with Gasteiger partial charge in [-0.15, -0.1) is 0 Å². The van der Waals surface area contributed by atoms with Crippen LogP contribution < -0.4 is 0 Å². The normalized spacial score (nSPS) is 43.1. The maximum absolute atomic E-state index is 13.5. The number of carbonyl (C=O) groups excluding carboxylic acids is 1. The molecule has 0 heterocycles. The molecule has 0 aromatic carbocycles. The summed E-state index contributed by atoms with van der Waals surface area (Å²) in [6.07, 6.45) is 5.00. The van der Waals surface area contributed by atoms with Gasteiger partial charge in [-0.3, -0.25) is 14.4 Å². The average molecular weight is 493 g/mol. The Morgan fingerprint density at radius 3 is 2.37 bits per heavy atom. The summed E-state index contributed by atoms with van der Waals surface area (Å²) in [7, 11) is 0. The van der Waals surface area contributed by atoms with E-state index in [1.807, 2.05) is 6.92 Å². The fraction of sp³-hybridized carbons (Fsp3) is 0.815. The van der Waals surface area contributed by atoms with Gasteiger partial charge >= 0.3 is 17.9 Å². The average Bonchev–Trinajstić information content (AvgIpc) is 2.80. The van der Waals surface area contributed by atoms with Gasteiger partial charge in [0.25, 0.3) is 0 Å². The van der Waals surface area contributed by atoms with E-state index in [0.29, 0.717) is 25.7 Å². The van der Waals surface area contributed by atoms with Gasteiger partial charge in [0.1, 0.15) is 12.7 Å². The first-order valence-electron chi connectivity index (χ1n) is 13.0. The van der Waals surface area contributed by atoms with Crippen LogP contribution in [0.3, 0.4) is 0 Å². The van der Waals surface area contributed by atoms with Crippen molar-refractivity contribution in [3.63, 3.8) is 0 Å². The summed E-state index contributed by atoms with van der Waals surface area (Å²) >= 11 is 0. The third kappa shape index (κ3) is 3.74. The highest BCUT2D eigenvalue weighted by Crippen LogP contribution is 2.73. The Balaban J connectivity index is 1.83. The van der Waals surface area contributed by atoms with Gasteiger partial charge in [0, 0.05) is 5.41 Å². The predicted octanol–water partition coefficient (Wildman–Crippen LogP) is 3.11. The fourth-order valence-electron chi connectivity index (χ4n) is 8.86. The standard InChI is InChI=1S/C27H40O8/c1-14(2)17-11-27-9-6-18-25(3,7-5-8-26(18,4)24(33)34)19(27)10-16(17)20(22(30)31)21(27)23(32)35-13-15(29)12-28/h11,14-16,18-21,28-29H,5-10,12-13H2,1-4H3,(H,30,31)(H,33,34). The number of esters is 1. The molecule has 0 saturated heterocycles. The molecular formula is C27H40O8. The molecular weight excluding hydrogens is 452 g/mol. The van der Waals surface area contributed by atoms with Crippen LogP contribution in [-0.2, 0) is 19.1 Å². The maximum Gasteiger partial charge on any atom is 0.310 e. The zero-order valence-electron chi connectivity index (χ0n) is 21.2. The lowest BCUT2D eigenvalue weighted by atomic mass is 9.34. The number of aliphatic carboxylic acids is 2. The van der Waals surface area contributed by atoms with Crippen molar-refractivity contribution in [2.75, 3.05) is 13.2 Å². The molecule has 5 aliphatic rings. The van der Waals surface area contributed by atoms with E-state index in [-0.39, 0.29) is 35.7 Å². The van der Waals surface area contributed by atoms with Gasteiger partial charge < -0.3 is 25.2 Å². The molecule has 3 saturated carbocycles. The molecule has 0 aliphatic heterocycles. The SMILES string of the molecule is CC(C)C1=CC23CCC4C(C)(C(=O)O)CCCC4(C)C2CC1C(C(=O)O)C3C(=O)OCC(O)CO. The number of allylic oxidation sites excluding steroid dienone is 2. The van der Waals surface area contributed by atoms with Crippen LogP contribution >= 0.6 is 0 Å². The fourth-order valence-corrected chi connectivity index (χ4v) is 8.86. The molecule has 5 aliphatic carbocycles. The van der Waals surface area contributed by atoms with Crippen LogP contribution in [0, 0.1) is 51.8 Å². The van der Waals surface area contributed by atoms with Crippen molar-refractivity contribution in [2.24, 2.45) is 51.8 Å². The van der Waals surface area contributed by atoms with Crippen molar-refractivity contribution in [1.82, 2.24) is 0 Å². The summed E-state index contributed by atoms with van der Waals surface area (Å²) in [4.78, 5) is 38.6. The number of carboxylic acid groups (broad SMARTS) is 2. The Hall–Kier alpha value is -1.93. The Morgan fingerprint density at radius 2 is 1.80 bits per heavy atom. The second-order valence-electron chi connectivity index (χ2n) is 12.3. The number of hydrogen-bond acceptors (Lipinski definition) is 6. The molecule has 1 spiro atoms. The Bertz CT molecular complexity index is 926. The first-order chi connectivity index (χ1) is 16.3. The van der Waals surface area contributed by atoms with Gasteiger partial charge in [-0.1, -0.05) is 38.8 Å². The molecule has 9 unspecified atom stereocenters. The highest BCUT2D eigenvalue weighted by atomic mass is 16.5. The molecule has 2 bridgehead atoms. The minimum atomic E-state index is -1.22. The van der Waals surface area contributed by atoms with Crippen LogP contribution in [0.25, 0.3) is 0 Å². The second-order valence-corrected chi connectivity index (χ2v) is 12.3. The lowest BCUT2D eigenvalue weighted by Gasteiger charge is -2.68. The van der Waals surface area contributed by atoms with E-state index in [2.05, 4.69) is 26.8 Å². The van der Waals surface area contributed by atoms with Crippen molar-refractivity contribution < 1.29 is 39.5 Å². The van der Waals surface area contributed by atoms with E-state index in [1.54, 1.807) is 0 Å². The second kappa shape index (κ2) is 8.87. The van der Waals surface area contributed by atoms with E-state index >= 15 is 0 Å². The molecule has 0 radical (unpaired) electrons. The molecule has 196 valence electrons. The summed E-state index contributed by atoms with van der Waals surface area (Å²) in [6.45, 7) is 7.19. The Morgan fingerprint density at radius 1 is 1.11 bits per heavy atom. The van der Waals surface area contributed by atoms with E-state index < -0.39 is 53.3 Å². The molecule has 8 nitrogen and oxygen atoms in total. The van der Waals surface area contributed by atoms with Crippen LogP contribution in [0.5, 0.6) is 0 Å². The number of aliphatic hydroxyl groups excluding tert-OH is 2. The zero-order chi connectivity index (χ0) is 25.9. The lowest BCUT2D eigenvalue weighted by molar-refractivity contribution is -0.210. The van der Waals surface area contributed by atoms with E-state index in [1.165, 1.54) is 0 Å². The highest BCUT2D eigenvalue weighted by molar-refractivity contribution is 5.84. The summed E-state index contributed by atoms with van der Waals surface area (Å²) in [5.74, 6) is -4.55. The topological polar surface area (TPSA) is 141 Å². The molecule has 0 amide bonds. The number of fused-ring (bicyclic) bond motifs is 2. The third-order valence-electron chi connectivity index (χ3n) is 10.3. The Kier molecular flexibility index (Phi) is 6.63. The van der Waals surface area contributed by atoms with Gasteiger partial charge in [-0.25, -0.2) is 0 Å². The summed E-state index contributed by atoms with van der Waals surface area (Å²) < 4.78 is 5.42. The van der Waals surface area contributed by atoms with Gasteiger partial charge in [-0.05, 0) is 68.1 Å². The highest BCUT2D eigenvalue weighted by Gasteiger charge is 2.71. The molecule has 8 heteroatoms. The molecule has 9 atom stereocenters. The number of ether oxygens (including phenoxy) is 1.